The molecule has 2 N–H and O–H groups in total. The van der Waals surface area contributed by atoms with Crippen LogP contribution in [0.4, 0.5) is 0 Å². The van der Waals surface area contributed by atoms with E-state index in [2.05, 4.69) is 0 Å². The SMILES string of the molecule is CC(CCN)OCc1ccccc1Cl. The van der Waals surface area contributed by atoms with E-state index in [1.165, 1.54) is 0 Å². The second kappa shape index (κ2) is 6.02. The number of halogens is 1. The molecule has 14 heavy (non-hydrogen) atoms. The van der Waals surface area contributed by atoms with Crippen LogP contribution in [0.15, 0.2) is 24.3 Å². The van der Waals surface area contributed by atoms with E-state index in [0.717, 1.165) is 17.0 Å². The van der Waals surface area contributed by atoms with Crippen LogP contribution in [-0.4, -0.2) is 12.6 Å². The second-order valence-corrected chi connectivity index (χ2v) is 3.70. The molecule has 0 saturated carbocycles. The van der Waals surface area contributed by atoms with Crippen LogP contribution in [0.1, 0.15) is 18.9 Å². The van der Waals surface area contributed by atoms with Gasteiger partial charge in [0.1, 0.15) is 0 Å². The van der Waals surface area contributed by atoms with Gasteiger partial charge in [0.15, 0.2) is 0 Å². The zero-order valence-corrected chi connectivity index (χ0v) is 9.13. The van der Waals surface area contributed by atoms with Crippen LogP contribution in [0.3, 0.4) is 0 Å². The maximum absolute atomic E-state index is 5.98. The summed E-state index contributed by atoms with van der Waals surface area (Å²) in [4.78, 5) is 0. The summed E-state index contributed by atoms with van der Waals surface area (Å²) < 4.78 is 5.58. The van der Waals surface area contributed by atoms with E-state index in [9.17, 15) is 0 Å². The standard InChI is InChI=1S/C11H16ClNO/c1-9(6-7-13)14-8-10-4-2-3-5-11(10)12/h2-5,9H,6-8,13H2,1H3. The average molecular weight is 214 g/mol. The molecular weight excluding hydrogens is 198 g/mol. The first-order chi connectivity index (χ1) is 6.74. The first-order valence-corrected chi connectivity index (χ1v) is 5.17. The maximum atomic E-state index is 5.98. The van der Waals surface area contributed by atoms with Crippen molar-refractivity contribution in [3.05, 3.63) is 34.9 Å². The summed E-state index contributed by atoms with van der Waals surface area (Å²) in [5.74, 6) is 0. The molecule has 3 heteroatoms. The zero-order chi connectivity index (χ0) is 10.4. The molecule has 2 nitrogen and oxygen atoms in total. The molecule has 0 bridgehead atoms. The molecule has 0 fully saturated rings. The van der Waals surface area contributed by atoms with Crippen LogP contribution in [0.5, 0.6) is 0 Å². The Kier molecular flexibility index (Phi) is 4.94. The monoisotopic (exact) mass is 213 g/mol. The smallest absolute Gasteiger partial charge is 0.0734 e. The van der Waals surface area contributed by atoms with Crippen LogP contribution in [0, 0.1) is 0 Å². The van der Waals surface area contributed by atoms with Gasteiger partial charge >= 0.3 is 0 Å². The van der Waals surface area contributed by atoms with Gasteiger partial charge in [-0.2, -0.15) is 0 Å². The molecule has 0 aromatic heterocycles. The minimum Gasteiger partial charge on any atom is -0.374 e. The van der Waals surface area contributed by atoms with Crippen LogP contribution in [0.2, 0.25) is 5.02 Å². The number of hydrogen-bond acceptors (Lipinski definition) is 2. The van der Waals surface area contributed by atoms with Gasteiger partial charge in [-0.25, -0.2) is 0 Å². The second-order valence-electron chi connectivity index (χ2n) is 3.29. The van der Waals surface area contributed by atoms with E-state index >= 15 is 0 Å². The summed E-state index contributed by atoms with van der Waals surface area (Å²) in [5.41, 5.74) is 6.45. The molecule has 1 unspecified atom stereocenters. The fourth-order valence-corrected chi connectivity index (χ4v) is 1.36. The Balaban J connectivity index is 2.41. The minimum atomic E-state index is 0.191. The van der Waals surface area contributed by atoms with Gasteiger partial charge in [-0.3, -0.25) is 0 Å². The third-order valence-electron chi connectivity index (χ3n) is 2.05. The van der Waals surface area contributed by atoms with E-state index in [-0.39, 0.29) is 6.10 Å². The highest BCUT2D eigenvalue weighted by Gasteiger charge is 2.03. The quantitative estimate of drug-likeness (QED) is 0.816. The molecule has 1 atom stereocenters. The first kappa shape index (κ1) is 11.5. The molecule has 1 aromatic rings. The highest BCUT2D eigenvalue weighted by Crippen LogP contribution is 2.16. The molecule has 0 aliphatic heterocycles. The van der Waals surface area contributed by atoms with Crippen molar-refractivity contribution < 1.29 is 4.74 Å². The molecular formula is C11H16ClNO. The number of hydrogen-bond donors (Lipinski definition) is 1. The van der Waals surface area contributed by atoms with Gasteiger partial charge in [0, 0.05) is 5.02 Å². The van der Waals surface area contributed by atoms with Gasteiger partial charge in [0.2, 0.25) is 0 Å². The summed E-state index contributed by atoms with van der Waals surface area (Å²) in [6.07, 6.45) is 1.07. The molecule has 1 aromatic carbocycles. The maximum Gasteiger partial charge on any atom is 0.0734 e. The topological polar surface area (TPSA) is 35.2 Å². The molecule has 0 saturated heterocycles. The predicted molar refractivity (Wildman–Crippen MR) is 59.4 cm³/mol. The van der Waals surface area contributed by atoms with Crippen molar-refractivity contribution >= 4 is 11.6 Å². The van der Waals surface area contributed by atoms with E-state index in [1.807, 2.05) is 31.2 Å². The van der Waals surface area contributed by atoms with Crippen LogP contribution in [-0.2, 0) is 11.3 Å². The summed E-state index contributed by atoms with van der Waals surface area (Å²) in [6.45, 7) is 3.23. The zero-order valence-electron chi connectivity index (χ0n) is 8.37. The van der Waals surface area contributed by atoms with Gasteiger partial charge in [-0.05, 0) is 31.5 Å². The lowest BCUT2D eigenvalue weighted by molar-refractivity contribution is 0.0493. The molecule has 0 aliphatic rings. The molecule has 78 valence electrons. The number of rotatable bonds is 5. The minimum absolute atomic E-state index is 0.191. The van der Waals surface area contributed by atoms with Gasteiger partial charge in [0.25, 0.3) is 0 Å². The lowest BCUT2D eigenvalue weighted by Crippen LogP contribution is -2.13. The number of ether oxygens (including phenoxy) is 1. The Labute approximate surface area is 90.0 Å². The molecule has 0 spiro atoms. The average Bonchev–Trinajstić information content (AvgIpc) is 2.17. The van der Waals surface area contributed by atoms with Crippen molar-refractivity contribution in [2.75, 3.05) is 6.54 Å². The molecule has 0 heterocycles. The van der Waals surface area contributed by atoms with Crippen LogP contribution in [0.25, 0.3) is 0 Å². The highest BCUT2D eigenvalue weighted by atomic mass is 35.5. The van der Waals surface area contributed by atoms with E-state index in [4.69, 9.17) is 22.1 Å². The van der Waals surface area contributed by atoms with Gasteiger partial charge in [0.05, 0.1) is 12.7 Å². The van der Waals surface area contributed by atoms with E-state index in [1.54, 1.807) is 0 Å². The molecule has 0 aliphatic carbocycles. The Morgan fingerprint density at radius 3 is 2.79 bits per heavy atom. The molecule has 0 radical (unpaired) electrons. The fourth-order valence-electron chi connectivity index (χ4n) is 1.17. The fraction of sp³-hybridized carbons (Fsp3) is 0.455. The van der Waals surface area contributed by atoms with Gasteiger partial charge in [-0.1, -0.05) is 29.8 Å². The van der Waals surface area contributed by atoms with Crippen molar-refractivity contribution in [2.45, 2.75) is 26.1 Å². The Hall–Kier alpha value is -0.570. The molecule has 1 rings (SSSR count). The largest absolute Gasteiger partial charge is 0.374 e. The number of nitrogens with two attached hydrogens (primary N) is 1. The predicted octanol–water partition coefficient (Wildman–Crippen LogP) is 2.59. The lowest BCUT2D eigenvalue weighted by Gasteiger charge is -2.12. The number of benzene rings is 1. The summed E-state index contributed by atoms with van der Waals surface area (Å²) in [5, 5.41) is 0.757. The van der Waals surface area contributed by atoms with E-state index in [0.29, 0.717) is 13.2 Å². The normalized spacial score (nSPS) is 12.8. The van der Waals surface area contributed by atoms with E-state index < -0.39 is 0 Å². The van der Waals surface area contributed by atoms with Gasteiger partial charge < -0.3 is 10.5 Å². The highest BCUT2D eigenvalue weighted by molar-refractivity contribution is 6.31. The van der Waals surface area contributed by atoms with Crippen molar-refractivity contribution in [3.63, 3.8) is 0 Å². The summed E-state index contributed by atoms with van der Waals surface area (Å²) >= 11 is 5.98. The summed E-state index contributed by atoms with van der Waals surface area (Å²) in [6, 6.07) is 7.71. The summed E-state index contributed by atoms with van der Waals surface area (Å²) in [7, 11) is 0. The van der Waals surface area contributed by atoms with Crippen molar-refractivity contribution in [1.82, 2.24) is 0 Å². The third-order valence-corrected chi connectivity index (χ3v) is 2.42. The van der Waals surface area contributed by atoms with Gasteiger partial charge in [-0.15, -0.1) is 0 Å². The Bertz CT molecular complexity index is 278. The third kappa shape index (κ3) is 3.66. The van der Waals surface area contributed by atoms with Crippen molar-refractivity contribution in [1.29, 1.82) is 0 Å². The Morgan fingerprint density at radius 2 is 2.14 bits per heavy atom. The van der Waals surface area contributed by atoms with Crippen LogP contribution >= 0.6 is 11.6 Å². The van der Waals surface area contributed by atoms with Crippen molar-refractivity contribution in [2.24, 2.45) is 5.73 Å². The lowest BCUT2D eigenvalue weighted by atomic mass is 10.2. The van der Waals surface area contributed by atoms with Crippen LogP contribution < -0.4 is 5.73 Å². The Morgan fingerprint density at radius 1 is 1.43 bits per heavy atom. The van der Waals surface area contributed by atoms with Crippen molar-refractivity contribution in [3.8, 4) is 0 Å². The molecule has 0 amide bonds. The first-order valence-electron chi connectivity index (χ1n) is 4.79.